The molecule has 2 amide bonds. The molecule has 0 aliphatic carbocycles. The van der Waals surface area contributed by atoms with Gasteiger partial charge in [0.15, 0.2) is 6.61 Å². The lowest BCUT2D eigenvalue weighted by Gasteiger charge is -2.16. The summed E-state index contributed by atoms with van der Waals surface area (Å²) in [5.41, 5.74) is 2.37. The van der Waals surface area contributed by atoms with Crippen molar-refractivity contribution in [3.63, 3.8) is 0 Å². The molecular weight excluding hydrogens is 342 g/mol. The van der Waals surface area contributed by atoms with E-state index in [1.54, 1.807) is 23.2 Å². The lowest BCUT2D eigenvalue weighted by molar-refractivity contribution is -0.118. The number of para-hydroxylation sites is 1. The second-order valence-corrected chi connectivity index (χ2v) is 6.40. The predicted molar refractivity (Wildman–Crippen MR) is 104 cm³/mol. The lowest BCUT2D eigenvalue weighted by atomic mass is 10.2. The van der Waals surface area contributed by atoms with Crippen LogP contribution in [0.4, 0.5) is 11.4 Å². The summed E-state index contributed by atoms with van der Waals surface area (Å²) in [7, 11) is 0. The Kier molecular flexibility index (Phi) is 4.70. The van der Waals surface area contributed by atoms with Gasteiger partial charge in [-0.05, 0) is 42.8 Å². The summed E-state index contributed by atoms with van der Waals surface area (Å²) in [6, 6.07) is 16.8. The molecule has 0 radical (unpaired) electrons. The van der Waals surface area contributed by atoms with Crippen molar-refractivity contribution in [1.82, 2.24) is 4.98 Å². The third-order valence-electron chi connectivity index (χ3n) is 4.47. The monoisotopic (exact) mass is 361 g/mol. The molecule has 3 aromatic rings. The molecular formula is C21H19N3O3. The molecule has 2 aromatic carbocycles. The van der Waals surface area contributed by atoms with Crippen LogP contribution in [0.1, 0.15) is 12.8 Å². The van der Waals surface area contributed by atoms with Gasteiger partial charge in [-0.1, -0.05) is 18.2 Å². The van der Waals surface area contributed by atoms with Crippen LogP contribution in [0.3, 0.4) is 0 Å². The zero-order valence-corrected chi connectivity index (χ0v) is 14.7. The molecule has 1 fully saturated rings. The number of fused-ring (bicyclic) bond motifs is 1. The van der Waals surface area contributed by atoms with Crippen molar-refractivity contribution in [1.29, 1.82) is 0 Å². The maximum atomic E-state index is 12.1. The second-order valence-electron chi connectivity index (χ2n) is 6.40. The number of nitrogens with zero attached hydrogens (tertiary/aromatic N) is 2. The van der Waals surface area contributed by atoms with Crippen molar-refractivity contribution in [2.45, 2.75) is 12.8 Å². The number of pyridine rings is 1. The maximum absolute atomic E-state index is 12.1. The molecule has 0 spiro atoms. The largest absolute Gasteiger partial charge is 0.484 e. The first-order valence-corrected chi connectivity index (χ1v) is 8.87. The Balaban J connectivity index is 1.33. The summed E-state index contributed by atoms with van der Waals surface area (Å²) in [5.74, 6) is 0.468. The minimum absolute atomic E-state index is 0.102. The first-order chi connectivity index (χ1) is 13.2. The highest BCUT2D eigenvalue weighted by molar-refractivity contribution is 5.95. The molecule has 0 unspecified atom stereocenters. The van der Waals surface area contributed by atoms with E-state index in [-0.39, 0.29) is 18.4 Å². The van der Waals surface area contributed by atoms with Crippen molar-refractivity contribution in [2.75, 3.05) is 23.4 Å². The van der Waals surface area contributed by atoms with E-state index in [1.807, 2.05) is 42.5 Å². The summed E-state index contributed by atoms with van der Waals surface area (Å²) >= 11 is 0. The summed E-state index contributed by atoms with van der Waals surface area (Å²) in [6.45, 7) is 0.649. The van der Waals surface area contributed by atoms with Crippen LogP contribution < -0.4 is 15.0 Å². The van der Waals surface area contributed by atoms with Crippen LogP contribution >= 0.6 is 0 Å². The third-order valence-corrected chi connectivity index (χ3v) is 4.47. The average molecular weight is 361 g/mol. The van der Waals surface area contributed by atoms with E-state index in [0.29, 0.717) is 17.9 Å². The lowest BCUT2D eigenvalue weighted by Crippen LogP contribution is -2.23. The molecule has 4 rings (SSSR count). The highest BCUT2D eigenvalue weighted by atomic mass is 16.5. The van der Waals surface area contributed by atoms with Gasteiger partial charge >= 0.3 is 0 Å². The number of aromatic nitrogens is 1. The Morgan fingerprint density at radius 1 is 1.15 bits per heavy atom. The standard InChI is InChI=1S/C21H19N3O3/c25-20(23-16-12-15-4-1-2-5-19(15)22-13-16)14-27-18-9-7-17(8-10-18)24-11-3-6-21(24)26/h1-2,4-5,7-10,12-13H,3,6,11,14H2,(H,23,25). The van der Waals surface area contributed by atoms with Crippen LogP contribution in [0.2, 0.25) is 0 Å². The number of nitrogens with one attached hydrogen (secondary N) is 1. The molecule has 1 aliphatic heterocycles. The van der Waals surface area contributed by atoms with Crippen LogP contribution in [-0.2, 0) is 9.59 Å². The van der Waals surface area contributed by atoms with Crippen molar-refractivity contribution in [3.8, 4) is 5.75 Å². The van der Waals surface area contributed by atoms with Crippen LogP contribution in [0, 0.1) is 0 Å². The molecule has 0 bridgehead atoms. The van der Waals surface area contributed by atoms with E-state index in [4.69, 9.17) is 4.74 Å². The van der Waals surface area contributed by atoms with E-state index in [9.17, 15) is 9.59 Å². The van der Waals surface area contributed by atoms with Crippen LogP contribution in [0.15, 0.2) is 60.8 Å². The van der Waals surface area contributed by atoms with E-state index in [2.05, 4.69) is 10.3 Å². The first-order valence-electron chi connectivity index (χ1n) is 8.87. The van der Waals surface area contributed by atoms with Crippen molar-refractivity contribution < 1.29 is 14.3 Å². The highest BCUT2D eigenvalue weighted by Crippen LogP contribution is 2.24. The predicted octanol–water partition coefficient (Wildman–Crippen LogP) is 3.38. The second kappa shape index (κ2) is 7.45. The average Bonchev–Trinajstić information content (AvgIpc) is 3.12. The Labute approximate surface area is 156 Å². The van der Waals surface area contributed by atoms with Gasteiger partial charge in [-0.15, -0.1) is 0 Å². The highest BCUT2D eigenvalue weighted by Gasteiger charge is 2.21. The van der Waals surface area contributed by atoms with Crippen LogP contribution in [0.25, 0.3) is 10.9 Å². The van der Waals surface area contributed by atoms with Crippen molar-refractivity contribution in [2.24, 2.45) is 0 Å². The van der Waals surface area contributed by atoms with E-state index < -0.39 is 0 Å². The van der Waals surface area contributed by atoms with Gasteiger partial charge in [0.05, 0.1) is 17.4 Å². The van der Waals surface area contributed by atoms with Crippen molar-refractivity contribution >= 4 is 34.1 Å². The van der Waals surface area contributed by atoms with Gasteiger partial charge in [-0.3, -0.25) is 14.6 Å². The zero-order valence-electron chi connectivity index (χ0n) is 14.7. The van der Waals surface area contributed by atoms with Gasteiger partial charge in [0.25, 0.3) is 5.91 Å². The Morgan fingerprint density at radius 2 is 1.96 bits per heavy atom. The number of carbonyl (C=O) groups excluding carboxylic acids is 2. The number of hydrogen-bond acceptors (Lipinski definition) is 4. The van der Waals surface area contributed by atoms with E-state index in [0.717, 1.165) is 29.6 Å². The molecule has 1 N–H and O–H groups in total. The van der Waals surface area contributed by atoms with Gasteiger partial charge in [-0.2, -0.15) is 0 Å². The Morgan fingerprint density at radius 3 is 2.74 bits per heavy atom. The summed E-state index contributed by atoms with van der Waals surface area (Å²) in [4.78, 5) is 30.0. The van der Waals surface area contributed by atoms with Gasteiger partial charge in [-0.25, -0.2) is 0 Å². The minimum atomic E-state index is -0.258. The molecule has 136 valence electrons. The van der Waals surface area contributed by atoms with E-state index in [1.165, 1.54) is 0 Å². The minimum Gasteiger partial charge on any atom is -0.484 e. The van der Waals surface area contributed by atoms with Gasteiger partial charge in [0.1, 0.15) is 5.75 Å². The Bertz CT molecular complexity index is 985. The topological polar surface area (TPSA) is 71.5 Å². The molecule has 1 aromatic heterocycles. The van der Waals surface area contributed by atoms with Crippen LogP contribution in [-0.4, -0.2) is 29.9 Å². The fourth-order valence-electron chi connectivity index (χ4n) is 3.13. The molecule has 0 atom stereocenters. The van der Waals surface area contributed by atoms with E-state index >= 15 is 0 Å². The summed E-state index contributed by atoms with van der Waals surface area (Å²) < 4.78 is 5.54. The molecule has 1 saturated heterocycles. The fraction of sp³-hybridized carbons (Fsp3) is 0.190. The first kappa shape index (κ1) is 17.0. The molecule has 6 nitrogen and oxygen atoms in total. The number of ether oxygens (including phenoxy) is 1. The summed E-state index contributed by atoms with van der Waals surface area (Å²) in [5, 5.41) is 3.75. The SMILES string of the molecule is O=C(COc1ccc(N2CCCC2=O)cc1)Nc1cnc2ccccc2c1. The normalized spacial score (nSPS) is 13.8. The molecule has 27 heavy (non-hydrogen) atoms. The molecule has 6 heteroatoms. The number of anilines is 2. The van der Waals surface area contributed by atoms with Crippen LogP contribution in [0.5, 0.6) is 5.75 Å². The number of rotatable bonds is 5. The molecule has 2 heterocycles. The number of amides is 2. The molecule has 1 aliphatic rings. The number of carbonyl (C=O) groups is 2. The van der Waals surface area contributed by atoms with Gasteiger partial charge < -0.3 is 15.0 Å². The smallest absolute Gasteiger partial charge is 0.262 e. The molecule has 0 saturated carbocycles. The number of hydrogen-bond donors (Lipinski definition) is 1. The zero-order chi connectivity index (χ0) is 18.6. The van der Waals surface area contributed by atoms with Gasteiger partial charge in [0, 0.05) is 24.0 Å². The quantitative estimate of drug-likeness (QED) is 0.756. The Hall–Kier alpha value is -3.41. The van der Waals surface area contributed by atoms with Crippen molar-refractivity contribution in [3.05, 3.63) is 60.8 Å². The van der Waals surface area contributed by atoms with Gasteiger partial charge in [0.2, 0.25) is 5.91 Å². The fourth-order valence-corrected chi connectivity index (χ4v) is 3.13. The maximum Gasteiger partial charge on any atom is 0.262 e. The summed E-state index contributed by atoms with van der Waals surface area (Å²) in [6.07, 6.45) is 3.12. The number of benzene rings is 2. The third kappa shape index (κ3) is 3.89.